The standard InChI is InChI=1S/C17H16ClF2NO2/c18-14-4-2-1-3-13(14)16(22)10-21-17(23)8-5-11-9-12(19)6-7-15(11)20/h1-4,6-7,9,16,22H,5,8,10H2,(H,21,23). The lowest BCUT2D eigenvalue weighted by molar-refractivity contribution is -0.121. The van der Waals surface area contributed by atoms with Gasteiger partial charge in [-0.15, -0.1) is 0 Å². The topological polar surface area (TPSA) is 49.3 Å². The summed E-state index contributed by atoms with van der Waals surface area (Å²) in [6.07, 6.45) is -0.855. The van der Waals surface area contributed by atoms with Crippen molar-refractivity contribution >= 4 is 17.5 Å². The average molecular weight is 340 g/mol. The minimum Gasteiger partial charge on any atom is -0.387 e. The van der Waals surface area contributed by atoms with Gasteiger partial charge in [0.2, 0.25) is 5.91 Å². The van der Waals surface area contributed by atoms with Crippen LogP contribution in [0.4, 0.5) is 8.78 Å². The molecule has 1 atom stereocenters. The van der Waals surface area contributed by atoms with Crippen molar-refractivity contribution in [3.8, 4) is 0 Å². The van der Waals surface area contributed by atoms with E-state index in [9.17, 15) is 18.7 Å². The van der Waals surface area contributed by atoms with E-state index in [1.54, 1.807) is 24.3 Å². The number of hydrogen-bond acceptors (Lipinski definition) is 2. The minimum absolute atomic E-state index is 0.00435. The van der Waals surface area contributed by atoms with Crippen LogP contribution in [0.25, 0.3) is 0 Å². The molecule has 1 unspecified atom stereocenters. The number of amides is 1. The number of aliphatic hydroxyl groups is 1. The van der Waals surface area contributed by atoms with Gasteiger partial charge >= 0.3 is 0 Å². The first-order chi connectivity index (χ1) is 11.0. The fourth-order valence-corrected chi connectivity index (χ4v) is 2.40. The van der Waals surface area contributed by atoms with Crippen molar-refractivity contribution in [2.24, 2.45) is 0 Å². The van der Waals surface area contributed by atoms with Gasteiger partial charge in [0.1, 0.15) is 11.6 Å². The van der Waals surface area contributed by atoms with Gasteiger partial charge in [0.25, 0.3) is 0 Å². The lowest BCUT2D eigenvalue weighted by Gasteiger charge is -2.13. The van der Waals surface area contributed by atoms with Crippen LogP contribution in [0.15, 0.2) is 42.5 Å². The summed E-state index contributed by atoms with van der Waals surface area (Å²) < 4.78 is 26.5. The van der Waals surface area contributed by atoms with Gasteiger partial charge in [0.05, 0.1) is 6.10 Å². The number of aliphatic hydroxyl groups excluding tert-OH is 1. The summed E-state index contributed by atoms with van der Waals surface area (Å²) in [5, 5.41) is 13.0. The Bertz CT molecular complexity index is 694. The predicted molar refractivity (Wildman–Crippen MR) is 84.1 cm³/mol. The molecule has 0 saturated carbocycles. The maximum absolute atomic E-state index is 13.4. The van der Waals surface area contributed by atoms with Crippen molar-refractivity contribution in [2.75, 3.05) is 6.54 Å². The summed E-state index contributed by atoms with van der Waals surface area (Å²) in [6, 6.07) is 9.92. The molecule has 0 bridgehead atoms. The smallest absolute Gasteiger partial charge is 0.220 e. The van der Waals surface area contributed by atoms with Gasteiger partial charge in [-0.25, -0.2) is 8.78 Å². The first kappa shape index (κ1) is 17.4. The van der Waals surface area contributed by atoms with Crippen LogP contribution in [0.5, 0.6) is 0 Å². The van der Waals surface area contributed by atoms with Gasteiger partial charge in [-0.1, -0.05) is 29.8 Å². The molecule has 0 heterocycles. The lowest BCUT2D eigenvalue weighted by Crippen LogP contribution is -2.28. The van der Waals surface area contributed by atoms with Crippen molar-refractivity contribution in [3.05, 3.63) is 70.2 Å². The first-order valence-electron chi connectivity index (χ1n) is 7.10. The quantitative estimate of drug-likeness (QED) is 0.847. The monoisotopic (exact) mass is 339 g/mol. The minimum atomic E-state index is -0.932. The SMILES string of the molecule is O=C(CCc1cc(F)ccc1F)NCC(O)c1ccccc1Cl. The Hall–Kier alpha value is -1.98. The van der Waals surface area contributed by atoms with Gasteiger partial charge in [-0.2, -0.15) is 0 Å². The summed E-state index contributed by atoms with van der Waals surface area (Å²) in [4.78, 5) is 11.8. The average Bonchev–Trinajstić information content (AvgIpc) is 2.54. The molecule has 2 rings (SSSR count). The fraction of sp³-hybridized carbons (Fsp3) is 0.235. The van der Waals surface area contributed by atoms with E-state index < -0.39 is 17.7 Å². The molecule has 2 aromatic rings. The second-order valence-electron chi connectivity index (χ2n) is 5.08. The third-order valence-electron chi connectivity index (χ3n) is 3.39. The first-order valence-corrected chi connectivity index (χ1v) is 7.48. The van der Waals surface area contributed by atoms with Crippen molar-refractivity contribution in [1.82, 2.24) is 5.32 Å². The van der Waals surface area contributed by atoms with Crippen LogP contribution in [0.3, 0.4) is 0 Å². The van der Waals surface area contributed by atoms with Crippen LogP contribution < -0.4 is 5.32 Å². The van der Waals surface area contributed by atoms with Gasteiger partial charge in [-0.3, -0.25) is 4.79 Å². The molecule has 3 nitrogen and oxygen atoms in total. The van der Waals surface area contributed by atoms with Crippen LogP contribution in [-0.4, -0.2) is 17.6 Å². The maximum Gasteiger partial charge on any atom is 0.220 e. The zero-order valence-electron chi connectivity index (χ0n) is 12.2. The molecule has 0 aliphatic rings. The zero-order chi connectivity index (χ0) is 16.8. The van der Waals surface area contributed by atoms with Crippen LogP contribution in [-0.2, 0) is 11.2 Å². The van der Waals surface area contributed by atoms with Gasteiger partial charge in [-0.05, 0) is 36.2 Å². The van der Waals surface area contributed by atoms with Crippen LogP contribution in [0.2, 0.25) is 5.02 Å². The highest BCUT2D eigenvalue weighted by atomic mass is 35.5. The van der Waals surface area contributed by atoms with Crippen LogP contribution >= 0.6 is 11.6 Å². The summed E-state index contributed by atoms with van der Waals surface area (Å²) in [6.45, 7) is -0.00575. The molecule has 0 fully saturated rings. The summed E-state index contributed by atoms with van der Waals surface area (Å²) >= 11 is 5.96. The Kier molecular flexibility index (Phi) is 6.07. The van der Waals surface area contributed by atoms with E-state index in [1.807, 2.05) is 0 Å². The van der Waals surface area contributed by atoms with E-state index >= 15 is 0 Å². The molecule has 6 heteroatoms. The number of carbonyl (C=O) groups excluding carboxylic acids is 1. The highest BCUT2D eigenvalue weighted by Gasteiger charge is 2.13. The normalized spacial score (nSPS) is 12.0. The van der Waals surface area contributed by atoms with Crippen LogP contribution in [0.1, 0.15) is 23.7 Å². The van der Waals surface area contributed by atoms with E-state index in [2.05, 4.69) is 5.32 Å². The molecule has 0 radical (unpaired) electrons. The summed E-state index contributed by atoms with van der Waals surface area (Å²) in [5.74, 6) is -1.45. The van der Waals surface area contributed by atoms with Gasteiger partial charge in [0.15, 0.2) is 0 Å². The molecule has 2 N–H and O–H groups in total. The van der Waals surface area contributed by atoms with Crippen molar-refractivity contribution in [2.45, 2.75) is 18.9 Å². The summed E-state index contributed by atoms with van der Waals surface area (Å²) in [7, 11) is 0. The highest BCUT2D eigenvalue weighted by Crippen LogP contribution is 2.21. The van der Waals surface area contributed by atoms with E-state index in [-0.39, 0.29) is 30.9 Å². The van der Waals surface area contributed by atoms with E-state index in [4.69, 9.17) is 11.6 Å². The molecule has 23 heavy (non-hydrogen) atoms. The van der Waals surface area contributed by atoms with Gasteiger partial charge < -0.3 is 10.4 Å². The third-order valence-corrected chi connectivity index (χ3v) is 3.73. The molecule has 2 aromatic carbocycles. The molecule has 0 spiro atoms. The van der Waals surface area contributed by atoms with Gasteiger partial charge in [0, 0.05) is 23.6 Å². The number of halogens is 3. The number of benzene rings is 2. The van der Waals surface area contributed by atoms with Crippen molar-refractivity contribution < 1.29 is 18.7 Å². The Morgan fingerprint density at radius 1 is 1.22 bits per heavy atom. The Morgan fingerprint density at radius 3 is 2.70 bits per heavy atom. The predicted octanol–water partition coefficient (Wildman–Crippen LogP) is 3.40. The zero-order valence-corrected chi connectivity index (χ0v) is 13.0. The lowest BCUT2D eigenvalue weighted by atomic mass is 10.1. The molecular weight excluding hydrogens is 324 g/mol. The highest BCUT2D eigenvalue weighted by molar-refractivity contribution is 6.31. The van der Waals surface area contributed by atoms with E-state index in [1.165, 1.54) is 0 Å². The third kappa shape index (κ3) is 5.01. The molecule has 122 valence electrons. The fourth-order valence-electron chi connectivity index (χ4n) is 2.14. The summed E-state index contributed by atoms with van der Waals surface area (Å²) in [5.41, 5.74) is 0.664. The second-order valence-corrected chi connectivity index (χ2v) is 5.48. The van der Waals surface area contributed by atoms with Crippen molar-refractivity contribution in [3.63, 3.8) is 0 Å². The molecule has 0 aromatic heterocycles. The van der Waals surface area contributed by atoms with E-state index in [0.717, 1.165) is 18.2 Å². The Morgan fingerprint density at radius 2 is 1.96 bits per heavy atom. The maximum atomic E-state index is 13.4. The number of aryl methyl sites for hydroxylation is 1. The second kappa shape index (κ2) is 8.04. The number of rotatable bonds is 6. The molecular formula is C17H16ClF2NO2. The molecule has 1 amide bonds. The molecule has 0 aliphatic carbocycles. The van der Waals surface area contributed by atoms with E-state index in [0.29, 0.717) is 10.6 Å². The van der Waals surface area contributed by atoms with Crippen LogP contribution in [0, 0.1) is 11.6 Å². The number of hydrogen-bond donors (Lipinski definition) is 2. The molecule has 0 saturated heterocycles. The molecule has 0 aliphatic heterocycles. The Labute approximate surface area is 137 Å². The number of carbonyl (C=O) groups is 1. The van der Waals surface area contributed by atoms with Crippen molar-refractivity contribution in [1.29, 1.82) is 0 Å². The largest absolute Gasteiger partial charge is 0.387 e. The Balaban J connectivity index is 1.83. The number of nitrogens with one attached hydrogen (secondary N) is 1.